The molecule has 0 saturated carbocycles. The maximum atomic E-state index is 11.9. The molecule has 3 N–H and O–H groups in total. The summed E-state index contributed by atoms with van der Waals surface area (Å²) in [6.45, 7) is 4.63. The molecule has 1 amide bonds. The number of carboxylic acid groups (broad SMARTS) is 1. The first kappa shape index (κ1) is 14.0. The molecule has 0 aromatic heterocycles. The van der Waals surface area contributed by atoms with Gasteiger partial charge in [0.15, 0.2) is 0 Å². The molecule has 0 aromatic rings. The number of carbonyl (C=O) groups excluding carboxylic acids is 1. The third-order valence-electron chi connectivity index (χ3n) is 3.56. The summed E-state index contributed by atoms with van der Waals surface area (Å²) in [6.07, 6.45) is 2.26. The maximum Gasteiger partial charge on any atom is 0.311 e. The summed E-state index contributed by atoms with van der Waals surface area (Å²) in [5.41, 5.74) is 4.84. The van der Waals surface area contributed by atoms with Crippen molar-refractivity contribution in [3.8, 4) is 0 Å². The van der Waals surface area contributed by atoms with Crippen molar-refractivity contribution in [2.75, 3.05) is 13.1 Å². The first-order valence-corrected chi connectivity index (χ1v) is 6.18. The predicted octanol–water partition coefficient (Wildman–Crippen LogP) is 0.827. The van der Waals surface area contributed by atoms with Gasteiger partial charge in [-0.3, -0.25) is 9.59 Å². The van der Waals surface area contributed by atoms with Crippen LogP contribution >= 0.6 is 0 Å². The topological polar surface area (TPSA) is 83.6 Å². The minimum Gasteiger partial charge on any atom is -0.481 e. The van der Waals surface area contributed by atoms with Crippen molar-refractivity contribution in [3.05, 3.63) is 0 Å². The monoisotopic (exact) mass is 242 g/mol. The lowest BCUT2D eigenvalue weighted by Crippen LogP contribution is -2.50. The number of nitrogens with two attached hydrogens (primary N) is 1. The molecule has 2 unspecified atom stereocenters. The smallest absolute Gasteiger partial charge is 0.311 e. The third-order valence-corrected chi connectivity index (χ3v) is 3.56. The van der Waals surface area contributed by atoms with Gasteiger partial charge in [0.25, 0.3) is 0 Å². The van der Waals surface area contributed by atoms with E-state index in [2.05, 4.69) is 0 Å². The number of rotatable bonds is 4. The van der Waals surface area contributed by atoms with E-state index in [9.17, 15) is 14.7 Å². The fourth-order valence-corrected chi connectivity index (χ4v) is 2.36. The summed E-state index contributed by atoms with van der Waals surface area (Å²) in [6, 6.07) is -0.176. The summed E-state index contributed by atoms with van der Waals surface area (Å²) in [5, 5.41) is 9.31. The van der Waals surface area contributed by atoms with Gasteiger partial charge in [-0.2, -0.15) is 0 Å². The Morgan fingerprint density at radius 1 is 1.53 bits per heavy atom. The summed E-state index contributed by atoms with van der Waals surface area (Å²) in [5.74, 6) is -0.822. The van der Waals surface area contributed by atoms with Gasteiger partial charge in [-0.05, 0) is 26.2 Å². The van der Waals surface area contributed by atoms with Gasteiger partial charge in [0.05, 0.1) is 5.41 Å². The zero-order valence-corrected chi connectivity index (χ0v) is 10.6. The molecule has 1 fully saturated rings. The average Bonchev–Trinajstić information content (AvgIpc) is 2.28. The zero-order valence-electron chi connectivity index (χ0n) is 10.6. The first-order chi connectivity index (χ1) is 7.91. The molecule has 5 nitrogen and oxygen atoms in total. The number of aliphatic carboxylic acids is 1. The van der Waals surface area contributed by atoms with Crippen LogP contribution in [-0.2, 0) is 9.59 Å². The lowest BCUT2D eigenvalue weighted by Gasteiger charge is -2.39. The summed E-state index contributed by atoms with van der Waals surface area (Å²) in [4.78, 5) is 24.9. The summed E-state index contributed by atoms with van der Waals surface area (Å²) < 4.78 is 0. The van der Waals surface area contributed by atoms with Gasteiger partial charge >= 0.3 is 5.97 Å². The molecule has 0 aliphatic carbocycles. The Balaban J connectivity index is 2.71. The summed E-state index contributed by atoms with van der Waals surface area (Å²) in [7, 11) is 0. The highest BCUT2D eigenvalue weighted by atomic mass is 16.4. The number of hydrogen-bond acceptors (Lipinski definition) is 3. The van der Waals surface area contributed by atoms with Gasteiger partial charge in [0.1, 0.15) is 0 Å². The Hall–Kier alpha value is -1.10. The Morgan fingerprint density at radius 3 is 2.65 bits per heavy atom. The van der Waals surface area contributed by atoms with Crippen molar-refractivity contribution >= 4 is 11.9 Å². The zero-order chi connectivity index (χ0) is 13.1. The Kier molecular flexibility index (Phi) is 4.51. The number of likely N-dealkylation sites (tertiary alicyclic amines) is 1. The van der Waals surface area contributed by atoms with Crippen molar-refractivity contribution in [2.24, 2.45) is 11.1 Å². The van der Waals surface area contributed by atoms with Crippen LogP contribution in [-0.4, -0.2) is 41.0 Å². The number of amides is 1. The lowest BCUT2D eigenvalue weighted by molar-refractivity contribution is -0.155. The van der Waals surface area contributed by atoms with E-state index in [1.807, 2.05) is 6.92 Å². The molecular formula is C12H22N2O3. The highest BCUT2D eigenvalue weighted by Gasteiger charge is 2.41. The molecule has 1 saturated heterocycles. The molecule has 1 aliphatic rings. The van der Waals surface area contributed by atoms with Crippen molar-refractivity contribution in [2.45, 2.75) is 45.6 Å². The van der Waals surface area contributed by atoms with Crippen molar-refractivity contribution in [1.82, 2.24) is 4.90 Å². The van der Waals surface area contributed by atoms with Crippen LogP contribution in [0.3, 0.4) is 0 Å². The molecule has 0 radical (unpaired) electrons. The summed E-state index contributed by atoms with van der Waals surface area (Å²) >= 11 is 0. The molecule has 1 heterocycles. The molecule has 2 atom stereocenters. The van der Waals surface area contributed by atoms with Crippen molar-refractivity contribution in [1.29, 1.82) is 0 Å². The van der Waals surface area contributed by atoms with Crippen molar-refractivity contribution in [3.63, 3.8) is 0 Å². The SMILES string of the molecule is CCC1(C(=O)O)CCCN(C(=O)CC(C)N)C1. The van der Waals surface area contributed by atoms with E-state index in [1.54, 1.807) is 11.8 Å². The molecule has 5 heteroatoms. The molecule has 1 rings (SSSR count). The normalized spacial score (nSPS) is 26.6. The van der Waals surface area contributed by atoms with Crippen LogP contribution in [0.25, 0.3) is 0 Å². The quantitative estimate of drug-likeness (QED) is 0.764. The van der Waals surface area contributed by atoms with E-state index in [4.69, 9.17) is 5.73 Å². The van der Waals surface area contributed by atoms with Crippen LogP contribution in [0.2, 0.25) is 0 Å². The molecule has 0 aromatic carbocycles. The first-order valence-electron chi connectivity index (χ1n) is 6.18. The minimum absolute atomic E-state index is 0.0289. The van der Waals surface area contributed by atoms with Crippen LogP contribution in [0.1, 0.15) is 39.5 Å². The third kappa shape index (κ3) is 3.19. The Labute approximate surface area is 102 Å². The number of piperidine rings is 1. The van der Waals surface area contributed by atoms with E-state index >= 15 is 0 Å². The molecule has 98 valence electrons. The van der Waals surface area contributed by atoms with Gasteiger partial charge in [0, 0.05) is 25.6 Å². The molecule has 0 spiro atoms. The fourth-order valence-electron chi connectivity index (χ4n) is 2.36. The highest BCUT2D eigenvalue weighted by molar-refractivity contribution is 5.80. The lowest BCUT2D eigenvalue weighted by atomic mass is 9.77. The van der Waals surface area contributed by atoms with E-state index in [0.717, 1.165) is 6.42 Å². The molecular weight excluding hydrogens is 220 g/mol. The fraction of sp³-hybridized carbons (Fsp3) is 0.833. The maximum absolute atomic E-state index is 11.9. The van der Waals surface area contributed by atoms with Gasteiger partial charge in [-0.1, -0.05) is 6.92 Å². The molecule has 0 bridgehead atoms. The van der Waals surface area contributed by atoms with Gasteiger partial charge in [-0.25, -0.2) is 0 Å². The van der Waals surface area contributed by atoms with Crippen LogP contribution < -0.4 is 5.73 Å². The van der Waals surface area contributed by atoms with Crippen LogP contribution in [0.5, 0.6) is 0 Å². The second-order valence-corrected chi connectivity index (χ2v) is 5.04. The second-order valence-electron chi connectivity index (χ2n) is 5.04. The van der Waals surface area contributed by atoms with E-state index in [-0.39, 0.29) is 11.9 Å². The van der Waals surface area contributed by atoms with E-state index in [1.165, 1.54) is 0 Å². The largest absolute Gasteiger partial charge is 0.481 e. The number of carboxylic acids is 1. The standard InChI is InChI=1S/C12H22N2O3/c1-3-12(11(16)17)5-4-6-14(8-12)10(15)7-9(2)13/h9H,3-8,13H2,1-2H3,(H,16,17). The minimum atomic E-state index is -0.793. The Bertz CT molecular complexity index is 304. The van der Waals surface area contributed by atoms with Crippen LogP contribution in [0.15, 0.2) is 0 Å². The number of carbonyl (C=O) groups is 2. The number of nitrogens with zero attached hydrogens (tertiary/aromatic N) is 1. The predicted molar refractivity (Wildman–Crippen MR) is 64.4 cm³/mol. The van der Waals surface area contributed by atoms with Gasteiger partial charge in [0.2, 0.25) is 5.91 Å². The van der Waals surface area contributed by atoms with Crippen LogP contribution in [0.4, 0.5) is 0 Å². The van der Waals surface area contributed by atoms with Gasteiger partial charge in [-0.15, -0.1) is 0 Å². The average molecular weight is 242 g/mol. The molecule has 1 aliphatic heterocycles. The Morgan fingerprint density at radius 2 is 2.18 bits per heavy atom. The highest BCUT2D eigenvalue weighted by Crippen LogP contribution is 2.33. The molecule has 17 heavy (non-hydrogen) atoms. The number of hydrogen-bond donors (Lipinski definition) is 2. The second kappa shape index (κ2) is 5.49. The van der Waals surface area contributed by atoms with Gasteiger partial charge < -0.3 is 15.7 Å². The van der Waals surface area contributed by atoms with E-state index < -0.39 is 11.4 Å². The van der Waals surface area contributed by atoms with E-state index in [0.29, 0.717) is 32.4 Å². The van der Waals surface area contributed by atoms with Crippen molar-refractivity contribution < 1.29 is 14.7 Å². The van der Waals surface area contributed by atoms with Crippen LogP contribution in [0, 0.1) is 5.41 Å².